The highest BCUT2D eigenvalue weighted by atomic mass is 16.6. The number of hydrogen-bond acceptors (Lipinski definition) is 8. The van der Waals surface area contributed by atoms with Crippen molar-refractivity contribution in [3.05, 3.63) is 82.7 Å². The van der Waals surface area contributed by atoms with Gasteiger partial charge in [-0.3, -0.25) is 9.59 Å². The summed E-state index contributed by atoms with van der Waals surface area (Å²) in [6.07, 6.45) is 11.2. The minimum Gasteiger partial charge on any atom is -0.504 e. The third-order valence-electron chi connectivity index (χ3n) is 7.37. The zero-order valence-corrected chi connectivity index (χ0v) is 25.2. The summed E-state index contributed by atoms with van der Waals surface area (Å²) in [7, 11) is 1.53. The Balaban J connectivity index is 1.59. The Hall–Kier alpha value is -3.94. The lowest BCUT2D eigenvalue weighted by molar-refractivity contribution is -0.153. The van der Waals surface area contributed by atoms with Crippen molar-refractivity contribution in [2.45, 2.75) is 90.3 Å². The molecular formula is C34H46N2O6. The molecule has 2 aromatic rings. The smallest absolute Gasteiger partial charge is 0.302 e. The van der Waals surface area contributed by atoms with Gasteiger partial charge in [-0.15, -0.1) is 0 Å². The highest BCUT2D eigenvalue weighted by Crippen LogP contribution is 2.34. The quantitative estimate of drug-likeness (QED) is 0.163. The first-order chi connectivity index (χ1) is 20.2. The molecule has 0 bridgehead atoms. The Morgan fingerprint density at radius 3 is 2.29 bits per heavy atom. The standard InChI is InChI=1S/C34H46N2O6/c1-24(37)41-30(14-10-5-4-7-11-26-12-8-6-9-13-26)23-31(42-25(2)38)16-15-27-19-29(34(39)32(21-27)40-3)20-28-17-18-36-33(35)22-28/h6,8-9,12-13,17,19,21-22,30-31,36,39H,4-5,7,10-11,14-16,18,20,23,35H2,1-3H3/t30-,31+/m0/s1. The van der Waals surface area contributed by atoms with Crippen LogP contribution in [0.25, 0.3) is 0 Å². The van der Waals surface area contributed by atoms with Crippen LogP contribution < -0.4 is 15.8 Å². The van der Waals surface area contributed by atoms with E-state index >= 15 is 0 Å². The van der Waals surface area contributed by atoms with Gasteiger partial charge in [0.1, 0.15) is 12.2 Å². The molecular weight excluding hydrogens is 532 g/mol. The maximum Gasteiger partial charge on any atom is 0.302 e. The lowest BCUT2D eigenvalue weighted by atomic mass is 9.95. The minimum absolute atomic E-state index is 0.0999. The summed E-state index contributed by atoms with van der Waals surface area (Å²) < 4.78 is 16.8. The Morgan fingerprint density at radius 2 is 1.62 bits per heavy atom. The molecule has 2 atom stereocenters. The number of esters is 2. The Labute approximate surface area is 249 Å². The van der Waals surface area contributed by atoms with E-state index in [1.807, 2.05) is 30.4 Å². The SMILES string of the molecule is COc1cc(CC[C@H](C[C@H](CCCCCCc2ccccc2)OC(C)=O)OC(C)=O)cc(CC2=CCNC(N)=C2)c1O. The highest BCUT2D eigenvalue weighted by molar-refractivity contribution is 5.66. The minimum atomic E-state index is -0.414. The van der Waals surface area contributed by atoms with Gasteiger partial charge in [0, 0.05) is 38.8 Å². The molecule has 1 aliphatic rings. The van der Waals surface area contributed by atoms with Crippen molar-refractivity contribution in [3.63, 3.8) is 0 Å². The number of nitrogens with two attached hydrogens (primary N) is 1. The fraction of sp³-hybridized carbons (Fsp3) is 0.471. The van der Waals surface area contributed by atoms with Crippen molar-refractivity contribution in [2.24, 2.45) is 5.73 Å². The normalized spacial score (nSPS) is 14.2. The average molecular weight is 579 g/mol. The number of benzene rings is 2. The number of nitrogens with one attached hydrogen (secondary N) is 1. The molecule has 228 valence electrons. The maximum atomic E-state index is 12.0. The van der Waals surface area contributed by atoms with Crippen LogP contribution in [0.5, 0.6) is 11.5 Å². The predicted octanol–water partition coefficient (Wildman–Crippen LogP) is 5.65. The van der Waals surface area contributed by atoms with Gasteiger partial charge in [-0.05, 0) is 67.4 Å². The largest absolute Gasteiger partial charge is 0.504 e. The molecule has 4 N–H and O–H groups in total. The van der Waals surface area contributed by atoms with E-state index in [0.717, 1.165) is 55.2 Å². The highest BCUT2D eigenvalue weighted by Gasteiger charge is 2.22. The van der Waals surface area contributed by atoms with Crippen molar-refractivity contribution in [1.82, 2.24) is 5.32 Å². The number of allylic oxidation sites excluding steroid dienone is 2. The topological polar surface area (TPSA) is 120 Å². The molecule has 1 heterocycles. The number of aromatic hydroxyl groups is 1. The Bertz CT molecular complexity index is 1220. The summed E-state index contributed by atoms with van der Waals surface area (Å²) in [6.45, 7) is 3.45. The summed E-state index contributed by atoms with van der Waals surface area (Å²) in [4.78, 5) is 23.8. The van der Waals surface area contributed by atoms with Gasteiger partial charge in [-0.25, -0.2) is 0 Å². The van der Waals surface area contributed by atoms with E-state index < -0.39 is 6.10 Å². The molecule has 8 heteroatoms. The van der Waals surface area contributed by atoms with Gasteiger partial charge in [0.05, 0.1) is 12.9 Å². The number of carbonyl (C=O) groups is 2. The van der Waals surface area contributed by atoms with Crippen LogP contribution >= 0.6 is 0 Å². The fourth-order valence-electron chi connectivity index (χ4n) is 5.36. The number of unbranched alkanes of at least 4 members (excludes halogenated alkanes) is 3. The first kappa shape index (κ1) is 32.6. The van der Waals surface area contributed by atoms with Crippen LogP contribution in [0.2, 0.25) is 0 Å². The third kappa shape index (κ3) is 11.5. The average Bonchev–Trinajstić information content (AvgIpc) is 2.95. The molecule has 0 fully saturated rings. The second-order valence-corrected chi connectivity index (χ2v) is 10.9. The predicted molar refractivity (Wildman–Crippen MR) is 164 cm³/mol. The first-order valence-electron chi connectivity index (χ1n) is 14.9. The molecule has 2 aromatic carbocycles. The molecule has 0 amide bonds. The number of rotatable bonds is 17. The van der Waals surface area contributed by atoms with Crippen LogP contribution in [0.4, 0.5) is 0 Å². The van der Waals surface area contributed by atoms with E-state index in [0.29, 0.717) is 43.8 Å². The van der Waals surface area contributed by atoms with Crippen LogP contribution in [0, 0.1) is 0 Å². The second kappa shape index (κ2) is 17.1. The van der Waals surface area contributed by atoms with Gasteiger partial charge in [0.2, 0.25) is 0 Å². The summed E-state index contributed by atoms with van der Waals surface area (Å²) >= 11 is 0. The molecule has 0 unspecified atom stereocenters. The summed E-state index contributed by atoms with van der Waals surface area (Å²) in [5, 5.41) is 13.8. The molecule has 0 aromatic heterocycles. The van der Waals surface area contributed by atoms with Crippen LogP contribution in [-0.4, -0.2) is 42.9 Å². The van der Waals surface area contributed by atoms with E-state index in [1.54, 1.807) is 0 Å². The first-order valence-corrected chi connectivity index (χ1v) is 14.9. The number of aryl methyl sites for hydroxylation is 2. The second-order valence-electron chi connectivity index (χ2n) is 10.9. The van der Waals surface area contributed by atoms with Crippen LogP contribution in [-0.2, 0) is 38.3 Å². The number of phenolic OH excluding ortho intramolecular Hbond substituents is 1. The maximum absolute atomic E-state index is 12.0. The number of dihydropyridines is 1. The lowest BCUT2D eigenvalue weighted by Crippen LogP contribution is -2.27. The molecule has 42 heavy (non-hydrogen) atoms. The fourth-order valence-corrected chi connectivity index (χ4v) is 5.36. The van der Waals surface area contributed by atoms with Gasteiger partial charge in [0.25, 0.3) is 0 Å². The van der Waals surface area contributed by atoms with Gasteiger partial charge in [-0.1, -0.05) is 55.3 Å². The molecule has 0 radical (unpaired) electrons. The van der Waals surface area contributed by atoms with Gasteiger partial charge in [-0.2, -0.15) is 0 Å². The number of phenols is 1. The lowest BCUT2D eigenvalue weighted by Gasteiger charge is -2.24. The van der Waals surface area contributed by atoms with E-state index in [-0.39, 0.29) is 23.8 Å². The van der Waals surface area contributed by atoms with E-state index in [9.17, 15) is 14.7 Å². The summed E-state index contributed by atoms with van der Waals surface area (Å²) in [6, 6.07) is 14.2. The molecule has 0 aliphatic carbocycles. The van der Waals surface area contributed by atoms with Crippen LogP contribution in [0.1, 0.15) is 75.5 Å². The number of methoxy groups -OCH3 is 1. The number of hydrogen-bond donors (Lipinski definition) is 3. The van der Waals surface area contributed by atoms with E-state index in [2.05, 4.69) is 29.6 Å². The van der Waals surface area contributed by atoms with Crippen molar-refractivity contribution in [2.75, 3.05) is 13.7 Å². The molecule has 1 aliphatic heterocycles. The Morgan fingerprint density at radius 1 is 0.929 bits per heavy atom. The molecule has 3 rings (SSSR count). The zero-order chi connectivity index (χ0) is 30.3. The number of carbonyl (C=O) groups excluding carboxylic acids is 2. The van der Waals surface area contributed by atoms with Crippen LogP contribution in [0.15, 0.2) is 66.0 Å². The zero-order valence-electron chi connectivity index (χ0n) is 25.2. The van der Waals surface area contributed by atoms with Gasteiger partial charge < -0.3 is 30.4 Å². The van der Waals surface area contributed by atoms with Gasteiger partial charge >= 0.3 is 11.9 Å². The van der Waals surface area contributed by atoms with Crippen LogP contribution in [0.3, 0.4) is 0 Å². The molecule has 0 saturated heterocycles. The third-order valence-corrected chi connectivity index (χ3v) is 7.37. The monoisotopic (exact) mass is 578 g/mol. The molecule has 0 spiro atoms. The Kier molecular flexibility index (Phi) is 13.3. The van der Waals surface area contributed by atoms with E-state index in [4.69, 9.17) is 19.9 Å². The molecule has 8 nitrogen and oxygen atoms in total. The van der Waals surface area contributed by atoms with Crippen molar-refractivity contribution in [1.29, 1.82) is 0 Å². The van der Waals surface area contributed by atoms with Crippen molar-refractivity contribution in [3.8, 4) is 11.5 Å². The number of ether oxygens (including phenoxy) is 3. The van der Waals surface area contributed by atoms with Crippen molar-refractivity contribution < 1.29 is 28.9 Å². The summed E-state index contributed by atoms with van der Waals surface area (Å²) in [5.41, 5.74) is 9.95. The summed E-state index contributed by atoms with van der Waals surface area (Å²) in [5.74, 6) is 0.383. The molecule has 0 saturated carbocycles. The van der Waals surface area contributed by atoms with Crippen molar-refractivity contribution >= 4 is 11.9 Å². The van der Waals surface area contributed by atoms with E-state index in [1.165, 1.54) is 26.5 Å². The van der Waals surface area contributed by atoms with Gasteiger partial charge in [0.15, 0.2) is 11.5 Å².